The molecule has 212 valence electrons. The van der Waals surface area contributed by atoms with Crippen molar-refractivity contribution in [2.45, 2.75) is 71.6 Å². The lowest BCUT2D eigenvalue weighted by molar-refractivity contribution is 0.0492. The van der Waals surface area contributed by atoms with Gasteiger partial charge in [-0.2, -0.15) is 5.26 Å². The third kappa shape index (κ3) is 6.93. The van der Waals surface area contributed by atoms with Gasteiger partial charge in [-0.25, -0.2) is 23.8 Å². The molecule has 0 aromatic carbocycles. The second-order valence-electron chi connectivity index (χ2n) is 10.6. The summed E-state index contributed by atoms with van der Waals surface area (Å²) in [5.41, 5.74) is 0.370. The molecule has 0 radical (unpaired) electrons. The van der Waals surface area contributed by atoms with E-state index in [4.69, 9.17) is 9.47 Å². The van der Waals surface area contributed by atoms with E-state index in [2.05, 4.69) is 36.2 Å². The van der Waals surface area contributed by atoms with E-state index >= 15 is 4.39 Å². The molecular weight excluding hydrogens is 517 g/mol. The summed E-state index contributed by atoms with van der Waals surface area (Å²) >= 11 is 0. The summed E-state index contributed by atoms with van der Waals surface area (Å²) in [6.07, 6.45) is 7.07. The van der Waals surface area contributed by atoms with E-state index in [1.165, 1.54) is 17.1 Å². The predicted octanol–water partition coefficient (Wildman–Crippen LogP) is 4.70. The van der Waals surface area contributed by atoms with Gasteiger partial charge >= 0.3 is 6.09 Å². The number of rotatable bonds is 10. The van der Waals surface area contributed by atoms with Crippen LogP contribution >= 0.6 is 0 Å². The number of nitriles is 1. The highest BCUT2D eigenvalue weighted by molar-refractivity contribution is 5.69. The quantitative estimate of drug-likeness (QED) is 0.323. The number of pyridine rings is 2. The fraction of sp³-hybridized carbons (Fsp3) is 0.481. The minimum Gasteiger partial charge on any atom is -0.476 e. The van der Waals surface area contributed by atoms with Crippen molar-refractivity contribution in [3.8, 4) is 17.6 Å². The van der Waals surface area contributed by atoms with Gasteiger partial charge < -0.3 is 25.4 Å². The molecule has 0 spiro atoms. The first kappa shape index (κ1) is 28.5. The van der Waals surface area contributed by atoms with Crippen LogP contribution in [-0.4, -0.2) is 55.3 Å². The molecule has 1 aliphatic carbocycles. The average molecular weight is 552 g/mol. The zero-order valence-corrected chi connectivity index (χ0v) is 23.2. The maximum atomic E-state index is 15.2. The highest BCUT2D eigenvalue weighted by Crippen LogP contribution is 2.34. The number of aromatic nitrogens is 5. The molecule has 3 heterocycles. The smallest absolute Gasteiger partial charge is 0.407 e. The van der Waals surface area contributed by atoms with Crippen LogP contribution in [0, 0.1) is 23.1 Å². The highest BCUT2D eigenvalue weighted by atomic mass is 19.1. The second-order valence-corrected chi connectivity index (χ2v) is 10.6. The minimum atomic E-state index is -0.677. The van der Waals surface area contributed by atoms with Crippen LogP contribution in [0.5, 0.6) is 5.88 Å². The molecule has 0 saturated heterocycles. The third-order valence-corrected chi connectivity index (χ3v) is 6.39. The van der Waals surface area contributed by atoms with E-state index in [0.717, 1.165) is 25.3 Å². The number of alkyl carbamates (subject to hydrolysis) is 1. The lowest BCUT2D eigenvalue weighted by atomic mass is 9.77. The van der Waals surface area contributed by atoms with E-state index < -0.39 is 17.5 Å². The Bertz CT molecular complexity index is 1360. The molecule has 12 nitrogen and oxygen atoms in total. The number of anilines is 3. The van der Waals surface area contributed by atoms with Crippen molar-refractivity contribution in [1.82, 2.24) is 30.3 Å². The van der Waals surface area contributed by atoms with Crippen LogP contribution in [0.4, 0.5) is 26.5 Å². The molecule has 1 aliphatic rings. The Morgan fingerprint density at radius 2 is 2.08 bits per heavy atom. The molecule has 13 heteroatoms. The maximum absolute atomic E-state index is 15.2. The standard InChI is InChI=1S/C27H34FN9O3/c1-6-39-25-21(37-11-10-31-36-37)13-19(15-30-25)33-23-18(14-29)12-20(28)24(35-23)34-22(17-8-7-9-17)16(2)32-26(38)40-27(3,4)5/h10-13,15-17,22H,6-9H2,1-5H3,(H,32,38)(H2,33,34,35)/t16-,22-/m0/s1. The fourth-order valence-electron chi connectivity index (χ4n) is 4.36. The summed E-state index contributed by atoms with van der Waals surface area (Å²) in [6.45, 7) is 9.46. The number of hydrogen-bond acceptors (Lipinski definition) is 10. The zero-order chi connectivity index (χ0) is 28.9. The summed E-state index contributed by atoms with van der Waals surface area (Å²) in [7, 11) is 0. The Hall–Kier alpha value is -4.47. The summed E-state index contributed by atoms with van der Waals surface area (Å²) in [4.78, 5) is 21.2. The van der Waals surface area contributed by atoms with Gasteiger partial charge in [0.15, 0.2) is 17.5 Å². The average Bonchev–Trinajstić information content (AvgIpc) is 3.39. The molecule has 0 bridgehead atoms. The molecule has 0 aliphatic heterocycles. The van der Waals surface area contributed by atoms with Crippen molar-refractivity contribution < 1.29 is 18.7 Å². The van der Waals surface area contributed by atoms with E-state index in [1.54, 1.807) is 33.0 Å². The molecule has 3 N–H and O–H groups in total. The zero-order valence-electron chi connectivity index (χ0n) is 23.2. The number of carbonyl (C=O) groups excluding carboxylic acids is 1. The Morgan fingerprint density at radius 3 is 2.67 bits per heavy atom. The molecule has 2 atom stereocenters. The van der Waals surface area contributed by atoms with Crippen molar-refractivity contribution in [2.24, 2.45) is 5.92 Å². The van der Waals surface area contributed by atoms with Gasteiger partial charge in [-0.1, -0.05) is 11.6 Å². The third-order valence-electron chi connectivity index (χ3n) is 6.39. The normalized spacial score (nSPS) is 14.8. The number of halogens is 1. The molecule has 0 unspecified atom stereocenters. The first-order valence-corrected chi connectivity index (χ1v) is 13.2. The van der Waals surface area contributed by atoms with Crippen LogP contribution < -0.4 is 20.7 Å². The Kier molecular flexibility index (Phi) is 8.67. The summed E-state index contributed by atoms with van der Waals surface area (Å²) in [5.74, 6) is -0.0142. The lowest BCUT2D eigenvalue weighted by Gasteiger charge is -2.38. The Morgan fingerprint density at radius 1 is 1.30 bits per heavy atom. The number of hydrogen-bond donors (Lipinski definition) is 3. The highest BCUT2D eigenvalue weighted by Gasteiger charge is 2.34. The van der Waals surface area contributed by atoms with Gasteiger partial charge in [0, 0.05) is 6.04 Å². The van der Waals surface area contributed by atoms with Gasteiger partial charge in [0.25, 0.3) is 0 Å². The van der Waals surface area contributed by atoms with Gasteiger partial charge in [-0.15, -0.1) is 5.10 Å². The van der Waals surface area contributed by atoms with Crippen molar-refractivity contribution in [2.75, 3.05) is 17.2 Å². The van der Waals surface area contributed by atoms with Crippen molar-refractivity contribution in [1.29, 1.82) is 5.26 Å². The number of nitrogens with one attached hydrogen (secondary N) is 3. The van der Waals surface area contributed by atoms with E-state index in [-0.39, 0.29) is 35.2 Å². The molecular formula is C27H34FN9O3. The summed E-state index contributed by atoms with van der Waals surface area (Å²) in [6, 6.07) is 4.14. The van der Waals surface area contributed by atoms with Gasteiger partial charge in [-0.05, 0) is 65.5 Å². The second kappa shape index (κ2) is 12.1. The largest absolute Gasteiger partial charge is 0.476 e. The molecule has 3 aromatic rings. The topological polar surface area (TPSA) is 152 Å². The number of ether oxygens (including phenoxy) is 2. The van der Waals surface area contributed by atoms with E-state index in [1.807, 2.05) is 19.9 Å². The van der Waals surface area contributed by atoms with Crippen molar-refractivity contribution >= 4 is 23.4 Å². The Balaban J connectivity index is 1.60. The fourth-order valence-corrected chi connectivity index (χ4v) is 4.36. The predicted molar refractivity (Wildman–Crippen MR) is 146 cm³/mol. The van der Waals surface area contributed by atoms with Crippen LogP contribution in [0.2, 0.25) is 0 Å². The Labute approximate surface area is 232 Å². The minimum absolute atomic E-state index is 0.0133. The van der Waals surface area contributed by atoms with Crippen molar-refractivity contribution in [3.05, 3.63) is 42.1 Å². The van der Waals surface area contributed by atoms with Crippen molar-refractivity contribution in [3.63, 3.8) is 0 Å². The van der Waals surface area contributed by atoms with E-state index in [9.17, 15) is 10.1 Å². The van der Waals surface area contributed by atoms with Gasteiger partial charge in [0.05, 0.1) is 42.5 Å². The summed E-state index contributed by atoms with van der Waals surface area (Å²) < 4.78 is 27.7. The van der Waals surface area contributed by atoms with Crippen LogP contribution in [0.3, 0.4) is 0 Å². The van der Waals surface area contributed by atoms with Crippen LogP contribution in [0.15, 0.2) is 30.7 Å². The number of amides is 1. The van der Waals surface area contributed by atoms with Crippen LogP contribution in [0.25, 0.3) is 5.69 Å². The van der Waals surface area contributed by atoms with Gasteiger partial charge in [0.2, 0.25) is 5.88 Å². The van der Waals surface area contributed by atoms with Gasteiger partial charge in [0.1, 0.15) is 17.4 Å². The SMILES string of the molecule is CCOc1ncc(Nc2nc(N[C@H](C3CCC3)[C@H](C)NC(=O)OC(C)(C)C)c(F)cc2C#N)cc1-n1ccnn1. The first-order valence-electron chi connectivity index (χ1n) is 13.2. The van der Waals surface area contributed by atoms with Crippen LogP contribution in [-0.2, 0) is 4.74 Å². The maximum Gasteiger partial charge on any atom is 0.407 e. The summed E-state index contributed by atoms with van der Waals surface area (Å²) in [5, 5.41) is 26.7. The van der Waals surface area contributed by atoms with Gasteiger partial charge in [-0.3, -0.25) is 0 Å². The molecule has 1 fully saturated rings. The monoisotopic (exact) mass is 551 g/mol. The molecule has 40 heavy (non-hydrogen) atoms. The molecule has 4 rings (SSSR count). The first-order chi connectivity index (χ1) is 19.1. The number of nitrogens with zero attached hydrogens (tertiary/aromatic N) is 6. The molecule has 1 saturated carbocycles. The molecule has 1 amide bonds. The number of carbonyl (C=O) groups is 1. The van der Waals surface area contributed by atoms with E-state index in [0.29, 0.717) is 23.9 Å². The lowest BCUT2D eigenvalue weighted by Crippen LogP contribution is -2.51. The molecule has 3 aromatic heterocycles. The van der Waals surface area contributed by atoms with Crippen LogP contribution in [0.1, 0.15) is 59.4 Å².